The van der Waals surface area contributed by atoms with Crippen LogP contribution in [-0.2, 0) is 4.79 Å². The molecule has 1 aliphatic carbocycles. The SMILES string of the molecule is CC(C)N(CCO)C(=O)N[C@H]1CC[C@@H](C(=O)O)C1. The number of urea groups is 1. The molecule has 0 aromatic carbocycles. The Balaban J connectivity index is 2.47. The van der Waals surface area contributed by atoms with E-state index in [4.69, 9.17) is 10.2 Å². The van der Waals surface area contributed by atoms with Crippen molar-refractivity contribution in [3.8, 4) is 0 Å². The molecule has 0 bridgehead atoms. The van der Waals surface area contributed by atoms with Gasteiger partial charge in [0.05, 0.1) is 12.5 Å². The summed E-state index contributed by atoms with van der Waals surface area (Å²) >= 11 is 0. The number of carboxylic acids is 1. The van der Waals surface area contributed by atoms with Crippen LogP contribution in [0.1, 0.15) is 33.1 Å². The number of hydrogen-bond acceptors (Lipinski definition) is 3. The van der Waals surface area contributed by atoms with E-state index in [0.717, 1.165) is 0 Å². The fraction of sp³-hybridized carbons (Fsp3) is 0.833. The Kier molecular flexibility index (Phi) is 5.40. The highest BCUT2D eigenvalue weighted by Gasteiger charge is 2.31. The maximum Gasteiger partial charge on any atom is 0.317 e. The van der Waals surface area contributed by atoms with Gasteiger partial charge in [0, 0.05) is 18.6 Å². The lowest BCUT2D eigenvalue weighted by atomic mass is 10.1. The molecule has 0 radical (unpaired) electrons. The number of aliphatic hydroxyl groups excluding tert-OH is 1. The molecule has 18 heavy (non-hydrogen) atoms. The Morgan fingerprint density at radius 1 is 1.39 bits per heavy atom. The molecule has 6 heteroatoms. The predicted octanol–water partition coefficient (Wildman–Crippen LogP) is 0.652. The van der Waals surface area contributed by atoms with Crippen LogP contribution in [0.4, 0.5) is 4.79 Å². The fourth-order valence-electron chi connectivity index (χ4n) is 2.30. The fourth-order valence-corrected chi connectivity index (χ4v) is 2.30. The average molecular weight is 258 g/mol. The topological polar surface area (TPSA) is 89.9 Å². The number of carbonyl (C=O) groups excluding carboxylic acids is 1. The molecule has 1 saturated carbocycles. The van der Waals surface area contributed by atoms with E-state index in [1.807, 2.05) is 13.8 Å². The normalized spacial score (nSPS) is 23.1. The van der Waals surface area contributed by atoms with Gasteiger partial charge in [-0.3, -0.25) is 4.79 Å². The van der Waals surface area contributed by atoms with E-state index >= 15 is 0 Å². The van der Waals surface area contributed by atoms with Crippen molar-refractivity contribution in [3.05, 3.63) is 0 Å². The molecule has 2 amide bonds. The smallest absolute Gasteiger partial charge is 0.317 e. The van der Waals surface area contributed by atoms with Crippen LogP contribution in [0.25, 0.3) is 0 Å². The summed E-state index contributed by atoms with van der Waals surface area (Å²) in [5.74, 6) is -1.14. The third kappa shape index (κ3) is 3.87. The van der Waals surface area contributed by atoms with Crippen LogP contribution < -0.4 is 5.32 Å². The Morgan fingerprint density at radius 2 is 2.06 bits per heavy atom. The summed E-state index contributed by atoms with van der Waals surface area (Å²) in [5.41, 5.74) is 0. The molecule has 0 spiro atoms. The number of hydrogen-bond donors (Lipinski definition) is 3. The zero-order valence-corrected chi connectivity index (χ0v) is 10.9. The Hall–Kier alpha value is -1.30. The summed E-state index contributed by atoms with van der Waals surface area (Å²) < 4.78 is 0. The van der Waals surface area contributed by atoms with Gasteiger partial charge in [0.15, 0.2) is 0 Å². The molecule has 0 aromatic rings. The van der Waals surface area contributed by atoms with Crippen molar-refractivity contribution in [1.82, 2.24) is 10.2 Å². The van der Waals surface area contributed by atoms with Crippen molar-refractivity contribution >= 4 is 12.0 Å². The minimum Gasteiger partial charge on any atom is -0.481 e. The molecule has 1 aliphatic rings. The summed E-state index contributed by atoms with van der Waals surface area (Å²) in [6.45, 7) is 3.97. The lowest BCUT2D eigenvalue weighted by Gasteiger charge is -2.27. The van der Waals surface area contributed by atoms with E-state index < -0.39 is 5.97 Å². The second-order valence-corrected chi connectivity index (χ2v) is 5.01. The molecular formula is C12H22N2O4. The van der Waals surface area contributed by atoms with Crippen molar-refractivity contribution in [1.29, 1.82) is 0 Å². The van der Waals surface area contributed by atoms with Crippen molar-refractivity contribution < 1.29 is 19.8 Å². The first-order chi connectivity index (χ1) is 8.45. The molecule has 0 heterocycles. The number of aliphatic carboxylic acids is 1. The van der Waals surface area contributed by atoms with Crippen molar-refractivity contribution in [2.24, 2.45) is 5.92 Å². The summed E-state index contributed by atoms with van der Waals surface area (Å²) in [6.07, 6.45) is 1.81. The molecule has 3 N–H and O–H groups in total. The number of rotatable bonds is 5. The maximum atomic E-state index is 12.0. The quantitative estimate of drug-likeness (QED) is 0.675. The first kappa shape index (κ1) is 14.8. The van der Waals surface area contributed by atoms with Gasteiger partial charge < -0.3 is 20.4 Å². The Labute approximate surface area is 107 Å². The number of carboxylic acid groups (broad SMARTS) is 1. The molecule has 104 valence electrons. The van der Waals surface area contributed by atoms with Gasteiger partial charge in [-0.2, -0.15) is 0 Å². The Morgan fingerprint density at radius 3 is 2.50 bits per heavy atom. The van der Waals surface area contributed by atoms with Crippen LogP contribution >= 0.6 is 0 Å². The highest BCUT2D eigenvalue weighted by molar-refractivity contribution is 5.75. The molecule has 6 nitrogen and oxygen atoms in total. The molecule has 0 aliphatic heterocycles. The number of nitrogens with zero attached hydrogens (tertiary/aromatic N) is 1. The van der Waals surface area contributed by atoms with Gasteiger partial charge in [0.1, 0.15) is 0 Å². The van der Waals surface area contributed by atoms with Gasteiger partial charge in [0.25, 0.3) is 0 Å². The number of nitrogens with one attached hydrogen (secondary N) is 1. The van der Waals surface area contributed by atoms with E-state index in [1.54, 1.807) is 4.90 Å². The van der Waals surface area contributed by atoms with Crippen LogP contribution in [0, 0.1) is 5.92 Å². The lowest BCUT2D eigenvalue weighted by molar-refractivity contribution is -0.141. The zero-order chi connectivity index (χ0) is 13.7. The van der Waals surface area contributed by atoms with Crippen molar-refractivity contribution in [3.63, 3.8) is 0 Å². The van der Waals surface area contributed by atoms with Gasteiger partial charge in [-0.25, -0.2) is 4.79 Å². The zero-order valence-electron chi connectivity index (χ0n) is 10.9. The van der Waals surface area contributed by atoms with Crippen molar-refractivity contribution in [2.45, 2.75) is 45.2 Å². The Bertz CT molecular complexity index is 306. The minimum absolute atomic E-state index is 0.00817. The number of amides is 2. The maximum absolute atomic E-state index is 12.0. The van der Waals surface area contributed by atoms with Crippen LogP contribution in [0.2, 0.25) is 0 Å². The summed E-state index contributed by atoms with van der Waals surface area (Å²) in [4.78, 5) is 24.3. The van der Waals surface area contributed by atoms with E-state index in [9.17, 15) is 9.59 Å². The van der Waals surface area contributed by atoms with Crippen LogP contribution in [0.5, 0.6) is 0 Å². The lowest BCUT2D eigenvalue weighted by Crippen LogP contribution is -2.48. The van der Waals surface area contributed by atoms with E-state index in [0.29, 0.717) is 25.8 Å². The second kappa shape index (κ2) is 6.58. The highest BCUT2D eigenvalue weighted by Crippen LogP contribution is 2.25. The van der Waals surface area contributed by atoms with E-state index in [-0.39, 0.29) is 30.6 Å². The van der Waals surface area contributed by atoms with Crippen LogP contribution in [0.15, 0.2) is 0 Å². The molecule has 0 aromatic heterocycles. The van der Waals surface area contributed by atoms with Gasteiger partial charge in [-0.1, -0.05) is 0 Å². The minimum atomic E-state index is -0.789. The highest BCUT2D eigenvalue weighted by atomic mass is 16.4. The summed E-state index contributed by atoms with van der Waals surface area (Å²) in [7, 11) is 0. The molecule has 1 rings (SSSR count). The number of aliphatic hydroxyl groups is 1. The predicted molar refractivity (Wildman–Crippen MR) is 66.2 cm³/mol. The van der Waals surface area contributed by atoms with Crippen LogP contribution in [0.3, 0.4) is 0 Å². The van der Waals surface area contributed by atoms with E-state index in [2.05, 4.69) is 5.32 Å². The van der Waals surface area contributed by atoms with Gasteiger partial charge in [0.2, 0.25) is 0 Å². The van der Waals surface area contributed by atoms with E-state index in [1.165, 1.54) is 0 Å². The molecule has 2 atom stereocenters. The molecule has 0 unspecified atom stereocenters. The third-order valence-electron chi connectivity index (χ3n) is 3.33. The second-order valence-electron chi connectivity index (χ2n) is 5.01. The monoisotopic (exact) mass is 258 g/mol. The number of carbonyl (C=O) groups is 2. The summed E-state index contributed by atoms with van der Waals surface area (Å²) in [5, 5.41) is 20.6. The molecular weight excluding hydrogens is 236 g/mol. The standard InChI is InChI=1S/C12H22N2O4/c1-8(2)14(5-6-15)12(18)13-10-4-3-9(7-10)11(16)17/h8-10,15H,3-7H2,1-2H3,(H,13,18)(H,16,17)/t9-,10+/m1/s1. The van der Waals surface area contributed by atoms with Gasteiger partial charge in [-0.15, -0.1) is 0 Å². The summed E-state index contributed by atoms with van der Waals surface area (Å²) in [6, 6.07) is -0.289. The van der Waals surface area contributed by atoms with Gasteiger partial charge >= 0.3 is 12.0 Å². The van der Waals surface area contributed by atoms with Gasteiger partial charge in [-0.05, 0) is 33.1 Å². The first-order valence-corrected chi connectivity index (χ1v) is 6.36. The first-order valence-electron chi connectivity index (χ1n) is 6.36. The largest absolute Gasteiger partial charge is 0.481 e. The molecule has 0 saturated heterocycles. The average Bonchev–Trinajstić information content (AvgIpc) is 2.73. The molecule has 1 fully saturated rings. The van der Waals surface area contributed by atoms with Crippen molar-refractivity contribution in [2.75, 3.05) is 13.2 Å². The third-order valence-corrected chi connectivity index (χ3v) is 3.33. The van der Waals surface area contributed by atoms with Crippen LogP contribution in [-0.4, -0.2) is 52.3 Å².